The van der Waals surface area contributed by atoms with E-state index in [1.54, 1.807) is 0 Å². The Balaban J connectivity index is 0.000000605. The van der Waals surface area contributed by atoms with Gasteiger partial charge in [0.05, 0.1) is 0 Å². The van der Waals surface area contributed by atoms with E-state index in [1.165, 1.54) is 11.3 Å². The first kappa shape index (κ1) is 8.77. The van der Waals surface area contributed by atoms with Crippen LogP contribution in [0.1, 0.15) is 13.9 Å². The van der Waals surface area contributed by atoms with Crippen molar-refractivity contribution >= 4 is 29.7 Å². The molecule has 1 unspecified atom stereocenters. The average molecular weight is 264 g/mol. The Morgan fingerprint density at radius 2 is 2.55 bits per heavy atom. The Hall–Kier alpha value is -0.320. The number of hydrogen-bond acceptors (Lipinski definition) is 2. The fraction of sp³-hybridized carbons (Fsp3) is 0.375. The van der Waals surface area contributed by atoms with Crippen molar-refractivity contribution in [1.82, 2.24) is 4.98 Å². The molecule has 0 aromatic carbocycles. The lowest BCUT2D eigenvalue weighted by atomic mass is 10.2. The van der Waals surface area contributed by atoms with Gasteiger partial charge in [-0.25, -0.2) is 0 Å². The first-order valence-corrected chi connectivity index (χ1v) is 3.55. The number of anilines is 1. The fourth-order valence-corrected chi connectivity index (χ4v) is 1.38. The zero-order valence-electron chi connectivity index (χ0n) is 6.37. The van der Waals surface area contributed by atoms with Gasteiger partial charge in [0.2, 0.25) is 0 Å². The molecule has 1 aliphatic heterocycles. The number of pyridine rings is 1. The van der Waals surface area contributed by atoms with Crippen LogP contribution in [0, 0.1) is 0 Å². The molecule has 1 aromatic rings. The molecule has 0 spiro atoms. The van der Waals surface area contributed by atoms with Gasteiger partial charge >= 0.3 is 0 Å². The highest BCUT2D eigenvalue weighted by molar-refractivity contribution is 14.0. The van der Waals surface area contributed by atoms with E-state index in [4.69, 9.17) is 0 Å². The highest BCUT2D eigenvalue weighted by atomic mass is 127. The molecule has 1 atom stereocenters. The molecule has 0 saturated heterocycles. The molecule has 0 fully saturated rings. The zero-order valence-corrected chi connectivity index (χ0v) is 8.70. The lowest BCUT2D eigenvalue weighted by Crippen LogP contribution is -2.08. The molecular formula is C8H13IN2. The first-order valence-electron chi connectivity index (χ1n) is 3.55. The van der Waals surface area contributed by atoms with Crippen LogP contribution in [0.15, 0.2) is 18.5 Å². The zero-order chi connectivity index (χ0) is 6.97. The van der Waals surface area contributed by atoms with Gasteiger partial charge in [-0.1, -0.05) is 0 Å². The second-order valence-electron chi connectivity index (χ2n) is 2.78. The van der Waals surface area contributed by atoms with Crippen LogP contribution in [-0.4, -0.2) is 11.0 Å². The SMILES string of the molecule is CC1Cc2cnccc2N1.I.[HH]. The third kappa shape index (κ3) is 1.64. The highest BCUT2D eigenvalue weighted by Crippen LogP contribution is 2.23. The van der Waals surface area contributed by atoms with E-state index in [0.29, 0.717) is 6.04 Å². The van der Waals surface area contributed by atoms with Crippen LogP contribution in [0.2, 0.25) is 0 Å². The highest BCUT2D eigenvalue weighted by Gasteiger charge is 2.14. The molecule has 0 bridgehead atoms. The van der Waals surface area contributed by atoms with Crippen molar-refractivity contribution in [3.63, 3.8) is 0 Å². The molecule has 1 aromatic heterocycles. The summed E-state index contributed by atoms with van der Waals surface area (Å²) in [5.74, 6) is 0. The first-order chi connectivity index (χ1) is 4.86. The summed E-state index contributed by atoms with van der Waals surface area (Å²) in [6, 6.07) is 2.61. The van der Waals surface area contributed by atoms with Crippen LogP contribution in [0.3, 0.4) is 0 Å². The van der Waals surface area contributed by atoms with Gasteiger partial charge < -0.3 is 5.32 Å². The minimum absolute atomic E-state index is 0. The summed E-state index contributed by atoms with van der Waals surface area (Å²) in [6.45, 7) is 2.18. The van der Waals surface area contributed by atoms with Crippen LogP contribution in [0.25, 0.3) is 0 Å². The van der Waals surface area contributed by atoms with Gasteiger partial charge in [-0.15, -0.1) is 24.0 Å². The summed E-state index contributed by atoms with van der Waals surface area (Å²) in [5.41, 5.74) is 2.59. The molecule has 2 rings (SSSR count). The Kier molecular flexibility index (Phi) is 2.70. The minimum atomic E-state index is 0. The number of hydrogen-bond donors (Lipinski definition) is 1. The number of aromatic nitrogens is 1. The number of rotatable bonds is 0. The molecule has 0 radical (unpaired) electrons. The normalized spacial score (nSPS) is 19.9. The van der Waals surface area contributed by atoms with Crippen molar-refractivity contribution in [1.29, 1.82) is 0 Å². The maximum absolute atomic E-state index is 4.05. The molecule has 11 heavy (non-hydrogen) atoms. The minimum Gasteiger partial charge on any atom is -0.382 e. The quantitative estimate of drug-likeness (QED) is 0.727. The molecule has 0 saturated carbocycles. The summed E-state index contributed by atoms with van der Waals surface area (Å²) < 4.78 is 0. The van der Waals surface area contributed by atoms with Crippen molar-refractivity contribution < 1.29 is 1.43 Å². The van der Waals surface area contributed by atoms with Gasteiger partial charge in [0.1, 0.15) is 0 Å². The Morgan fingerprint density at radius 3 is 3.27 bits per heavy atom. The summed E-state index contributed by atoms with van der Waals surface area (Å²) in [4.78, 5) is 4.05. The monoisotopic (exact) mass is 264 g/mol. The second-order valence-corrected chi connectivity index (χ2v) is 2.78. The molecule has 2 heterocycles. The van der Waals surface area contributed by atoms with Gasteiger partial charge in [0.15, 0.2) is 0 Å². The van der Waals surface area contributed by atoms with Gasteiger partial charge in [-0.2, -0.15) is 0 Å². The molecule has 1 N–H and O–H groups in total. The van der Waals surface area contributed by atoms with E-state index in [2.05, 4.69) is 17.2 Å². The number of nitrogens with one attached hydrogen (secondary N) is 1. The molecule has 62 valence electrons. The standard InChI is InChI=1S/C8H10N2.HI.H2/c1-6-4-7-5-9-3-2-8(7)10-6;;/h2-3,5-6,10H,4H2,1H3;2*1H. The summed E-state index contributed by atoms with van der Waals surface area (Å²) in [7, 11) is 0. The van der Waals surface area contributed by atoms with Gasteiger partial charge in [-0.05, 0) is 25.0 Å². The Morgan fingerprint density at radius 1 is 1.73 bits per heavy atom. The van der Waals surface area contributed by atoms with Crippen molar-refractivity contribution in [2.75, 3.05) is 5.32 Å². The molecule has 1 aliphatic rings. The van der Waals surface area contributed by atoms with Gasteiger partial charge in [-0.3, -0.25) is 4.98 Å². The van der Waals surface area contributed by atoms with Crippen molar-refractivity contribution in [2.45, 2.75) is 19.4 Å². The molecule has 3 heteroatoms. The van der Waals surface area contributed by atoms with Crippen LogP contribution in [0.5, 0.6) is 0 Å². The molecular weight excluding hydrogens is 251 g/mol. The lowest BCUT2D eigenvalue weighted by molar-refractivity contribution is 0.837. The maximum atomic E-state index is 4.05. The van der Waals surface area contributed by atoms with E-state index < -0.39 is 0 Å². The summed E-state index contributed by atoms with van der Waals surface area (Å²) in [5, 5.41) is 3.36. The van der Waals surface area contributed by atoms with Crippen LogP contribution < -0.4 is 5.32 Å². The van der Waals surface area contributed by atoms with Crippen molar-refractivity contribution in [2.24, 2.45) is 0 Å². The molecule has 0 amide bonds. The number of halogens is 1. The van der Waals surface area contributed by atoms with E-state index >= 15 is 0 Å². The van der Waals surface area contributed by atoms with E-state index in [1.807, 2.05) is 18.5 Å². The average Bonchev–Trinajstić information content (AvgIpc) is 2.27. The number of nitrogens with zero attached hydrogens (tertiary/aromatic N) is 1. The summed E-state index contributed by atoms with van der Waals surface area (Å²) >= 11 is 0. The smallest absolute Gasteiger partial charge is 0.0406 e. The third-order valence-corrected chi connectivity index (χ3v) is 1.83. The van der Waals surface area contributed by atoms with Crippen molar-refractivity contribution in [3.05, 3.63) is 24.0 Å². The van der Waals surface area contributed by atoms with E-state index in [0.717, 1.165) is 6.42 Å². The van der Waals surface area contributed by atoms with Crippen LogP contribution in [0.4, 0.5) is 5.69 Å². The van der Waals surface area contributed by atoms with Gasteiger partial charge in [0, 0.05) is 25.5 Å². The van der Waals surface area contributed by atoms with Crippen LogP contribution in [-0.2, 0) is 6.42 Å². The Labute approximate surface area is 84.9 Å². The predicted molar refractivity (Wildman–Crippen MR) is 58.6 cm³/mol. The summed E-state index contributed by atoms with van der Waals surface area (Å²) in [6.07, 6.45) is 4.87. The number of fused-ring (bicyclic) bond motifs is 1. The van der Waals surface area contributed by atoms with E-state index in [9.17, 15) is 0 Å². The predicted octanol–water partition coefficient (Wildman–Crippen LogP) is 2.30. The largest absolute Gasteiger partial charge is 0.382 e. The topological polar surface area (TPSA) is 24.9 Å². The van der Waals surface area contributed by atoms with Crippen LogP contribution >= 0.6 is 24.0 Å². The van der Waals surface area contributed by atoms with Crippen molar-refractivity contribution in [3.8, 4) is 0 Å². The lowest BCUT2D eigenvalue weighted by Gasteiger charge is -2.00. The Bertz CT molecular complexity index is 230. The second kappa shape index (κ2) is 3.38. The van der Waals surface area contributed by atoms with E-state index in [-0.39, 0.29) is 25.4 Å². The molecule has 2 nitrogen and oxygen atoms in total. The van der Waals surface area contributed by atoms with Gasteiger partial charge in [0.25, 0.3) is 0 Å². The fourth-order valence-electron chi connectivity index (χ4n) is 1.38. The third-order valence-electron chi connectivity index (χ3n) is 1.83. The molecule has 0 aliphatic carbocycles. The maximum Gasteiger partial charge on any atom is 0.0406 e.